The molecule has 1 aromatic heterocycles. The first-order valence-corrected chi connectivity index (χ1v) is 9.51. The van der Waals surface area contributed by atoms with Crippen molar-refractivity contribution in [2.45, 2.75) is 51.1 Å². The van der Waals surface area contributed by atoms with E-state index < -0.39 is 10.0 Å². The summed E-state index contributed by atoms with van der Waals surface area (Å²) in [5.41, 5.74) is 1.30. The lowest BCUT2D eigenvalue weighted by Gasteiger charge is -2.34. The molecule has 0 spiro atoms. The molecule has 2 heterocycles. The summed E-state index contributed by atoms with van der Waals surface area (Å²) in [7, 11) is -3.03. The van der Waals surface area contributed by atoms with Gasteiger partial charge in [-0.1, -0.05) is 0 Å². The number of hydrogen-bond donors (Lipinski definition) is 1. The normalized spacial score (nSPS) is 24.9. The van der Waals surface area contributed by atoms with Crippen LogP contribution in [0, 0.1) is 0 Å². The number of nitrogens with zero attached hydrogens (tertiary/aromatic N) is 1. The Bertz CT molecular complexity index is 573. The quantitative estimate of drug-likeness (QED) is 0.924. The molecule has 1 saturated heterocycles. The summed E-state index contributed by atoms with van der Waals surface area (Å²) in [5.74, 6) is 1.32. The number of piperidine rings is 1. The highest BCUT2D eigenvalue weighted by Crippen LogP contribution is 2.31. The number of fused-ring (bicyclic) bond motifs is 1. The maximum atomic E-state index is 11.9. The Balaban J connectivity index is 1.57. The van der Waals surface area contributed by atoms with Crippen molar-refractivity contribution in [3.63, 3.8) is 0 Å². The summed E-state index contributed by atoms with van der Waals surface area (Å²) >= 11 is 0. The van der Waals surface area contributed by atoms with E-state index in [9.17, 15) is 8.42 Å². The van der Waals surface area contributed by atoms with Gasteiger partial charge in [0.25, 0.3) is 0 Å². The molecule has 3 rings (SSSR count). The van der Waals surface area contributed by atoms with Crippen LogP contribution in [0.15, 0.2) is 16.7 Å². The number of hydrogen-bond acceptors (Lipinski definition) is 4. The minimum Gasteiger partial charge on any atom is -0.469 e. The molecule has 0 aromatic carbocycles. The van der Waals surface area contributed by atoms with E-state index in [2.05, 4.69) is 11.4 Å². The van der Waals surface area contributed by atoms with Crippen LogP contribution < -0.4 is 5.32 Å². The molecule has 1 atom stereocenters. The molecule has 1 aromatic rings. The summed E-state index contributed by atoms with van der Waals surface area (Å²) < 4.78 is 30.9. The van der Waals surface area contributed by atoms with Crippen LogP contribution in [0.3, 0.4) is 0 Å². The van der Waals surface area contributed by atoms with E-state index in [1.165, 1.54) is 5.56 Å². The van der Waals surface area contributed by atoms with Crippen LogP contribution in [0.2, 0.25) is 0 Å². The van der Waals surface area contributed by atoms with Crippen molar-refractivity contribution in [3.8, 4) is 0 Å². The number of nitrogens with one attached hydrogen (secondary N) is 1. The minimum atomic E-state index is -3.03. The first kappa shape index (κ1) is 15.1. The molecule has 0 radical (unpaired) electrons. The molecule has 1 N–H and O–H groups in total. The van der Waals surface area contributed by atoms with Crippen LogP contribution in [0.4, 0.5) is 0 Å². The number of aryl methyl sites for hydroxylation is 1. The molecule has 118 valence electrons. The van der Waals surface area contributed by atoms with E-state index in [1.807, 2.05) is 0 Å². The second-order valence-corrected chi connectivity index (χ2v) is 8.24. The molecule has 21 heavy (non-hydrogen) atoms. The summed E-state index contributed by atoms with van der Waals surface area (Å²) in [4.78, 5) is 0. The van der Waals surface area contributed by atoms with Crippen LogP contribution in [0.5, 0.6) is 0 Å². The molecule has 6 heteroatoms. The van der Waals surface area contributed by atoms with Crippen LogP contribution in [0.1, 0.15) is 50.0 Å². The number of sulfonamides is 1. The minimum absolute atomic E-state index is 0.200. The topological polar surface area (TPSA) is 62.6 Å². The second-order valence-electron chi connectivity index (χ2n) is 5.98. The highest BCUT2D eigenvalue weighted by molar-refractivity contribution is 7.89. The predicted octanol–water partition coefficient (Wildman–Crippen LogP) is 2.06. The van der Waals surface area contributed by atoms with Crippen molar-refractivity contribution in [1.29, 1.82) is 0 Å². The molecular weight excluding hydrogens is 288 g/mol. The van der Waals surface area contributed by atoms with Gasteiger partial charge in [-0.05, 0) is 38.7 Å². The molecular formula is C15H24N2O3S. The van der Waals surface area contributed by atoms with Crippen LogP contribution in [-0.2, 0) is 16.4 Å². The van der Waals surface area contributed by atoms with Gasteiger partial charge in [0.1, 0.15) is 5.76 Å². The average molecular weight is 312 g/mol. The van der Waals surface area contributed by atoms with Gasteiger partial charge in [-0.3, -0.25) is 0 Å². The fourth-order valence-electron chi connectivity index (χ4n) is 3.43. The zero-order chi connectivity index (χ0) is 14.9. The Morgan fingerprint density at radius 2 is 2.10 bits per heavy atom. The highest BCUT2D eigenvalue weighted by Gasteiger charge is 2.29. The smallest absolute Gasteiger partial charge is 0.213 e. The lowest BCUT2D eigenvalue weighted by Crippen LogP contribution is -2.46. The van der Waals surface area contributed by atoms with Crippen LogP contribution in [-0.4, -0.2) is 37.6 Å². The summed E-state index contributed by atoms with van der Waals surface area (Å²) in [6, 6.07) is 2.84. The van der Waals surface area contributed by atoms with Crippen molar-refractivity contribution in [2.24, 2.45) is 0 Å². The van der Waals surface area contributed by atoms with Gasteiger partial charge in [-0.25, -0.2) is 12.7 Å². The first-order chi connectivity index (χ1) is 10.1. The molecule has 0 amide bonds. The van der Waals surface area contributed by atoms with Crippen molar-refractivity contribution < 1.29 is 12.8 Å². The number of rotatable bonds is 4. The lowest BCUT2D eigenvalue weighted by molar-refractivity contribution is 0.264. The lowest BCUT2D eigenvalue weighted by atomic mass is 9.92. The Hall–Kier alpha value is -0.850. The first-order valence-electron chi connectivity index (χ1n) is 7.90. The van der Waals surface area contributed by atoms with E-state index in [1.54, 1.807) is 17.5 Å². The largest absolute Gasteiger partial charge is 0.469 e. The maximum absolute atomic E-state index is 11.9. The van der Waals surface area contributed by atoms with Gasteiger partial charge >= 0.3 is 0 Å². The number of furan rings is 1. The van der Waals surface area contributed by atoms with E-state index in [0.717, 1.165) is 37.9 Å². The fourth-order valence-corrected chi connectivity index (χ4v) is 4.56. The Morgan fingerprint density at radius 3 is 2.81 bits per heavy atom. The van der Waals surface area contributed by atoms with Gasteiger partial charge < -0.3 is 9.73 Å². The third-order valence-electron chi connectivity index (χ3n) is 4.70. The molecule has 1 aliphatic carbocycles. The van der Waals surface area contributed by atoms with E-state index in [-0.39, 0.29) is 5.75 Å². The van der Waals surface area contributed by atoms with Crippen LogP contribution in [0.25, 0.3) is 0 Å². The summed E-state index contributed by atoms with van der Waals surface area (Å²) in [5, 5.41) is 3.71. The summed E-state index contributed by atoms with van der Waals surface area (Å²) in [6.45, 7) is 2.99. The van der Waals surface area contributed by atoms with Gasteiger partial charge in [-0.2, -0.15) is 0 Å². The zero-order valence-electron chi connectivity index (χ0n) is 12.5. The Morgan fingerprint density at radius 1 is 1.33 bits per heavy atom. The molecule has 1 fully saturated rings. The van der Waals surface area contributed by atoms with Gasteiger partial charge in [0, 0.05) is 37.2 Å². The van der Waals surface area contributed by atoms with E-state index in [4.69, 9.17) is 4.42 Å². The van der Waals surface area contributed by atoms with E-state index in [0.29, 0.717) is 25.2 Å². The van der Waals surface area contributed by atoms with E-state index >= 15 is 0 Å². The molecule has 0 bridgehead atoms. The maximum Gasteiger partial charge on any atom is 0.213 e. The van der Waals surface area contributed by atoms with Gasteiger partial charge in [0.15, 0.2) is 0 Å². The standard InChI is InChI=1S/C15H24N2O3S/c1-2-21(18,19)17-9-6-12(7-10-17)16-14-4-3-5-15-13(14)8-11-20-15/h8,11-12,14,16H,2-7,9-10H2,1H3. The van der Waals surface area contributed by atoms with Crippen molar-refractivity contribution >= 4 is 10.0 Å². The van der Waals surface area contributed by atoms with Gasteiger partial charge in [0.2, 0.25) is 10.0 Å². The fraction of sp³-hybridized carbons (Fsp3) is 0.733. The van der Waals surface area contributed by atoms with Crippen molar-refractivity contribution in [3.05, 3.63) is 23.7 Å². The van der Waals surface area contributed by atoms with Crippen LogP contribution >= 0.6 is 0 Å². The Kier molecular flexibility index (Phi) is 4.38. The monoisotopic (exact) mass is 312 g/mol. The molecule has 0 saturated carbocycles. The van der Waals surface area contributed by atoms with Gasteiger partial charge in [-0.15, -0.1) is 0 Å². The van der Waals surface area contributed by atoms with Crippen molar-refractivity contribution in [1.82, 2.24) is 9.62 Å². The third kappa shape index (κ3) is 3.17. The van der Waals surface area contributed by atoms with Gasteiger partial charge in [0.05, 0.1) is 12.0 Å². The molecule has 1 aliphatic heterocycles. The second kappa shape index (κ2) is 6.10. The van der Waals surface area contributed by atoms with Crippen molar-refractivity contribution in [2.75, 3.05) is 18.8 Å². The zero-order valence-corrected chi connectivity index (χ0v) is 13.4. The SMILES string of the molecule is CCS(=O)(=O)N1CCC(NC2CCCc3occc32)CC1. The average Bonchev–Trinajstić information content (AvgIpc) is 2.97. The third-order valence-corrected chi connectivity index (χ3v) is 6.58. The molecule has 2 aliphatic rings. The molecule has 5 nitrogen and oxygen atoms in total. The predicted molar refractivity (Wildman–Crippen MR) is 81.6 cm³/mol. The summed E-state index contributed by atoms with van der Waals surface area (Å²) in [6.07, 6.45) is 6.89. The Labute approximate surface area is 126 Å². The highest BCUT2D eigenvalue weighted by atomic mass is 32.2. The molecule has 1 unspecified atom stereocenters.